The molecule has 1 N–H and O–H groups in total. The number of carbonyl (C=O) groups is 3. The molecule has 2 aromatic rings. The van der Waals surface area contributed by atoms with Crippen molar-refractivity contribution in [3.05, 3.63) is 63.7 Å². The first-order chi connectivity index (χ1) is 16.2. The molecule has 34 heavy (non-hydrogen) atoms. The Kier molecular flexibility index (Phi) is 7.96. The molecular formula is C25H26ClNO7. The van der Waals surface area contributed by atoms with Crippen LogP contribution in [0.1, 0.15) is 36.1 Å². The maximum absolute atomic E-state index is 13.1. The molecule has 3 rings (SSSR count). The summed E-state index contributed by atoms with van der Waals surface area (Å²) in [5, 5.41) is 11.6. The lowest BCUT2D eigenvalue weighted by Crippen LogP contribution is -2.31. The molecule has 0 spiro atoms. The Hall–Kier alpha value is -3.36. The van der Waals surface area contributed by atoms with Gasteiger partial charge in [-0.2, -0.15) is 0 Å². The number of likely N-dealkylation sites (tertiary alicyclic amines) is 1. The van der Waals surface area contributed by atoms with Gasteiger partial charge in [0, 0.05) is 27.2 Å². The van der Waals surface area contributed by atoms with Crippen molar-refractivity contribution in [1.29, 1.82) is 0 Å². The van der Waals surface area contributed by atoms with Crippen LogP contribution in [0.15, 0.2) is 42.0 Å². The number of rotatable bonds is 8. The number of amides is 1. The highest BCUT2D eigenvalue weighted by Crippen LogP contribution is 2.43. The van der Waals surface area contributed by atoms with E-state index in [2.05, 4.69) is 0 Å². The molecule has 1 unspecified atom stereocenters. The number of hydrogen-bond acceptors (Lipinski definition) is 7. The van der Waals surface area contributed by atoms with E-state index in [1.165, 1.54) is 18.9 Å². The second-order valence-corrected chi connectivity index (χ2v) is 8.24. The summed E-state index contributed by atoms with van der Waals surface area (Å²) in [6, 6.07) is 8.86. The van der Waals surface area contributed by atoms with E-state index in [1.807, 2.05) is 0 Å². The Balaban J connectivity index is 2.18. The van der Waals surface area contributed by atoms with Crippen LogP contribution in [-0.4, -0.2) is 55.0 Å². The first-order valence-electron chi connectivity index (χ1n) is 10.6. The number of ether oxygens (including phenoxy) is 3. The molecular weight excluding hydrogens is 462 g/mol. The smallest absolute Gasteiger partial charge is 0.308 e. The quantitative estimate of drug-likeness (QED) is 0.150. The van der Waals surface area contributed by atoms with Crippen molar-refractivity contribution < 1.29 is 33.7 Å². The van der Waals surface area contributed by atoms with Crippen molar-refractivity contribution in [2.75, 3.05) is 27.4 Å². The van der Waals surface area contributed by atoms with Crippen molar-refractivity contribution >= 4 is 35.0 Å². The molecule has 0 aliphatic carbocycles. The zero-order valence-corrected chi connectivity index (χ0v) is 20.1. The van der Waals surface area contributed by atoms with Gasteiger partial charge in [-0.1, -0.05) is 23.7 Å². The number of carbonyl (C=O) groups excluding carboxylic acids is 3. The highest BCUT2D eigenvalue weighted by molar-refractivity contribution is 6.46. The molecule has 2 aromatic carbocycles. The third-order valence-electron chi connectivity index (χ3n) is 5.39. The number of halogens is 1. The van der Waals surface area contributed by atoms with Gasteiger partial charge in [-0.15, -0.1) is 0 Å². The lowest BCUT2D eigenvalue weighted by Gasteiger charge is -2.25. The number of Topliss-reactive ketones (excluding diaryl/α,β-unsaturated/α-hetero) is 1. The number of ketones is 1. The van der Waals surface area contributed by atoms with E-state index >= 15 is 0 Å². The van der Waals surface area contributed by atoms with Crippen LogP contribution in [0.3, 0.4) is 0 Å². The highest BCUT2D eigenvalue weighted by atomic mass is 35.5. The number of esters is 1. The number of hydrogen-bond donors (Lipinski definition) is 1. The minimum atomic E-state index is -0.868. The summed E-state index contributed by atoms with van der Waals surface area (Å²) >= 11 is 6.30. The van der Waals surface area contributed by atoms with Crippen LogP contribution < -0.4 is 9.47 Å². The van der Waals surface area contributed by atoms with Gasteiger partial charge >= 0.3 is 5.97 Å². The van der Waals surface area contributed by atoms with E-state index in [0.29, 0.717) is 24.3 Å². The van der Waals surface area contributed by atoms with Gasteiger partial charge < -0.3 is 24.2 Å². The van der Waals surface area contributed by atoms with Crippen molar-refractivity contribution in [1.82, 2.24) is 4.90 Å². The Labute approximate surface area is 202 Å². The van der Waals surface area contributed by atoms with Gasteiger partial charge in [-0.3, -0.25) is 14.4 Å². The van der Waals surface area contributed by atoms with Crippen molar-refractivity contribution in [2.45, 2.75) is 26.3 Å². The van der Waals surface area contributed by atoms with Crippen LogP contribution >= 0.6 is 11.6 Å². The number of methoxy groups -OCH3 is 2. The van der Waals surface area contributed by atoms with Crippen LogP contribution in [0.4, 0.5) is 0 Å². The SMILES string of the molecule is COCCCN1C(=O)C(=O)/C(=C(/O)c2cc(C)cc(Cl)c2OC)C1c1ccc(OC(C)=O)cc1. The molecule has 1 fully saturated rings. The predicted octanol–water partition coefficient (Wildman–Crippen LogP) is 4.04. The fourth-order valence-electron chi connectivity index (χ4n) is 3.98. The first-order valence-corrected chi connectivity index (χ1v) is 11.0. The van der Waals surface area contributed by atoms with Gasteiger partial charge in [-0.25, -0.2) is 0 Å². The zero-order chi connectivity index (χ0) is 25.0. The lowest BCUT2D eigenvalue weighted by molar-refractivity contribution is -0.140. The number of aliphatic hydroxyl groups excluding tert-OH is 1. The van der Waals surface area contributed by atoms with Crippen molar-refractivity contribution in [3.8, 4) is 11.5 Å². The van der Waals surface area contributed by atoms with E-state index in [-0.39, 0.29) is 34.2 Å². The molecule has 180 valence electrons. The maximum Gasteiger partial charge on any atom is 0.308 e. The molecule has 0 radical (unpaired) electrons. The van der Waals surface area contributed by atoms with E-state index < -0.39 is 23.7 Å². The largest absolute Gasteiger partial charge is 0.507 e. The van der Waals surface area contributed by atoms with Gasteiger partial charge in [-0.05, 0) is 48.7 Å². The van der Waals surface area contributed by atoms with Gasteiger partial charge in [0.2, 0.25) is 0 Å². The second-order valence-electron chi connectivity index (χ2n) is 7.83. The Morgan fingerprint density at radius 1 is 1.15 bits per heavy atom. The Morgan fingerprint density at radius 3 is 2.41 bits per heavy atom. The summed E-state index contributed by atoms with van der Waals surface area (Å²) in [6.07, 6.45) is 0.491. The third kappa shape index (κ3) is 5.08. The van der Waals surface area contributed by atoms with E-state index in [9.17, 15) is 19.5 Å². The summed E-state index contributed by atoms with van der Waals surface area (Å²) in [7, 11) is 2.95. The van der Waals surface area contributed by atoms with Crippen molar-refractivity contribution in [2.24, 2.45) is 0 Å². The molecule has 8 nitrogen and oxygen atoms in total. The summed E-state index contributed by atoms with van der Waals surface area (Å²) in [4.78, 5) is 38.8. The molecule has 1 saturated heterocycles. The van der Waals surface area contributed by atoms with Crippen LogP contribution in [0.2, 0.25) is 5.02 Å². The number of aryl methyl sites for hydroxylation is 1. The third-order valence-corrected chi connectivity index (χ3v) is 5.67. The van der Waals surface area contributed by atoms with Crippen LogP contribution in [0.25, 0.3) is 5.76 Å². The number of benzene rings is 2. The minimum Gasteiger partial charge on any atom is -0.507 e. The molecule has 1 atom stereocenters. The summed E-state index contributed by atoms with van der Waals surface area (Å²) in [5.41, 5.74) is 1.43. The average molecular weight is 488 g/mol. The van der Waals surface area contributed by atoms with Gasteiger partial charge in [0.1, 0.15) is 17.3 Å². The van der Waals surface area contributed by atoms with E-state index in [4.69, 9.17) is 25.8 Å². The molecule has 0 aromatic heterocycles. The number of aliphatic hydroxyl groups is 1. The maximum atomic E-state index is 13.1. The Bertz CT molecular complexity index is 1140. The summed E-state index contributed by atoms with van der Waals surface area (Å²) in [6.45, 7) is 3.70. The molecule has 0 saturated carbocycles. The second kappa shape index (κ2) is 10.7. The first kappa shape index (κ1) is 25.3. The Morgan fingerprint density at radius 2 is 1.82 bits per heavy atom. The van der Waals surface area contributed by atoms with Gasteiger partial charge in [0.05, 0.1) is 29.3 Å². The molecule has 1 amide bonds. The summed E-state index contributed by atoms with van der Waals surface area (Å²) in [5.74, 6) is -1.89. The molecule has 0 bridgehead atoms. The van der Waals surface area contributed by atoms with Crippen LogP contribution in [0.5, 0.6) is 11.5 Å². The zero-order valence-electron chi connectivity index (χ0n) is 19.4. The normalized spacial score (nSPS) is 17.2. The summed E-state index contributed by atoms with van der Waals surface area (Å²) < 4.78 is 15.6. The molecule has 1 aliphatic rings. The molecule has 1 aliphatic heterocycles. The van der Waals surface area contributed by atoms with Crippen LogP contribution in [-0.2, 0) is 19.1 Å². The van der Waals surface area contributed by atoms with Crippen molar-refractivity contribution in [3.63, 3.8) is 0 Å². The lowest BCUT2D eigenvalue weighted by atomic mass is 9.94. The highest BCUT2D eigenvalue weighted by Gasteiger charge is 2.46. The number of nitrogens with zero attached hydrogens (tertiary/aromatic N) is 1. The van der Waals surface area contributed by atoms with E-state index in [1.54, 1.807) is 50.4 Å². The van der Waals surface area contributed by atoms with E-state index in [0.717, 1.165) is 5.56 Å². The topological polar surface area (TPSA) is 102 Å². The average Bonchev–Trinajstić information content (AvgIpc) is 3.03. The van der Waals surface area contributed by atoms with Gasteiger partial charge in [0.15, 0.2) is 0 Å². The predicted molar refractivity (Wildman–Crippen MR) is 126 cm³/mol. The molecule has 9 heteroatoms. The van der Waals surface area contributed by atoms with Crippen LogP contribution in [0, 0.1) is 6.92 Å². The fraction of sp³-hybridized carbons (Fsp3) is 0.320. The fourth-order valence-corrected chi connectivity index (χ4v) is 4.33. The molecule has 1 heterocycles. The monoisotopic (exact) mass is 487 g/mol. The van der Waals surface area contributed by atoms with Gasteiger partial charge in [0.25, 0.3) is 11.7 Å². The standard InChI is InChI=1S/C25H26ClNO7/c1-14-12-18(24(33-4)19(26)13-14)22(29)20-21(16-6-8-17(9-7-16)34-15(2)28)27(10-5-11-32-3)25(31)23(20)30/h6-9,12-13,21,29H,5,10-11H2,1-4H3/b22-20+. The minimum absolute atomic E-state index is 0.0809.